The summed E-state index contributed by atoms with van der Waals surface area (Å²) in [6.45, 7) is 0.426. The average molecular weight is 439 g/mol. The fourth-order valence-corrected chi connectivity index (χ4v) is 3.24. The number of hydrogen-bond acceptors (Lipinski definition) is 2. The molecule has 6 heteroatoms. The van der Waals surface area contributed by atoms with Crippen LogP contribution in [-0.4, -0.2) is 18.4 Å². The summed E-state index contributed by atoms with van der Waals surface area (Å²) in [4.78, 5) is 25.4. The highest BCUT2D eigenvalue weighted by Gasteiger charge is 2.15. The number of benzene rings is 3. The molecule has 0 aromatic heterocycles. The summed E-state index contributed by atoms with van der Waals surface area (Å²) in [5, 5.41) is 6.40. The van der Waals surface area contributed by atoms with Crippen molar-refractivity contribution in [2.75, 3.05) is 6.54 Å². The van der Waals surface area contributed by atoms with E-state index >= 15 is 0 Å². The van der Waals surface area contributed by atoms with Crippen LogP contribution >= 0.6 is 23.2 Å². The van der Waals surface area contributed by atoms with Crippen molar-refractivity contribution in [1.82, 2.24) is 10.6 Å². The van der Waals surface area contributed by atoms with Gasteiger partial charge < -0.3 is 10.6 Å². The minimum absolute atomic E-state index is 0.0983. The van der Waals surface area contributed by atoms with E-state index in [4.69, 9.17) is 23.2 Å². The molecule has 0 fully saturated rings. The van der Waals surface area contributed by atoms with Gasteiger partial charge in [0.2, 0.25) is 0 Å². The maximum atomic E-state index is 12.8. The van der Waals surface area contributed by atoms with Gasteiger partial charge >= 0.3 is 0 Å². The molecule has 152 valence electrons. The molecule has 3 aromatic carbocycles. The SMILES string of the molecule is O=C(NCCc1ccccc1)C(=Cc1ccc(Cl)cc1Cl)NC(=O)c1ccccc1. The molecule has 0 aliphatic carbocycles. The smallest absolute Gasteiger partial charge is 0.267 e. The number of rotatable bonds is 7. The van der Waals surface area contributed by atoms with E-state index < -0.39 is 5.91 Å². The first-order valence-corrected chi connectivity index (χ1v) is 10.1. The second-order valence-corrected chi connectivity index (χ2v) is 7.38. The Balaban J connectivity index is 1.78. The Kier molecular flexibility index (Phi) is 7.66. The Bertz CT molecular complexity index is 1050. The van der Waals surface area contributed by atoms with Crippen LogP contribution in [-0.2, 0) is 11.2 Å². The van der Waals surface area contributed by atoms with Crippen LogP contribution in [0.4, 0.5) is 0 Å². The molecule has 2 amide bonds. The highest BCUT2D eigenvalue weighted by Crippen LogP contribution is 2.23. The lowest BCUT2D eigenvalue weighted by Crippen LogP contribution is -2.35. The van der Waals surface area contributed by atoms with Crippen molar-refractivity contribution in [3.63, 3.8) is 0 Å². The molecule has 0 spiro atoms. The van der Waals surface area contributed by atoms with Gasteiger partial charge in [0.25, 0.3) is 11.8 Å². The minimum atomic E-state index is -0.402. The topological polar surface area (TPSA) is 58.2 Å². The van der Waals surface area contributed by atoms with E-state index in [-0.39, 0.29) is 11.6 Å². The maximum absolute atomic E-state index is 12.8. The Morgan fingerprint density at radius 3 is 2.20 bits per heavy atom. The molecule has 4 nitrogen and oxygen atoms in total. The predicted molar refractivity (Wildman–Crippen MR) is 122 cm³/mol. The maximum Gasteiger partial charge on any atom is 0.267 e. The molecule has 0 aliphatic heterocycles. The van der Waals surface area contributed by atoms with Gasteiger partial charge in [0.05, 0.1) is 0 Å². The average Bonchev–Trinajstić information content (AvgIpc) is 2.76. The highest BCUT2D eigenvalue weighted by molar-refractivity contribution is 6.35. The number of halogens is 2. The van der Waals surface area contributed by atoms with Crippen LogP contribution in [0, 0.1) is 0 Å². The van der Waals surface area contributed by atoms with Crippen LogP contribution < -0.4 is 10.6 Å². The molecule has 0 saturated carbocycles. The van der Waals surface area contributed by atoms with E-state index in [1.807, 2.05) is 36.4 Å². The summed E-state index contributed by atoms with van der Waals surface area (Å²) in [5.41, 5.74) is 2.23. The molecule has 0 heterocycles. The second-order valence-electron chi connectivity index (χ2n) is 6.54. The van der Waals surface area contributed by atoms with E-state index in [0.29, 0.717) is 34.1 Å². The van der Waals surface area contributed by atoms with E-state index in [1.54, 1.807) is 42.5 Å². The molecular weight excluding hydrogens is 419 g/mol. The van der Waals surface area contributed by atoms with E-state index in [9.17, 15) is 9.59 Å². The third-order valence-electron chi connectivity index (χ3n) is 4.33. The van der Waals surface area contributed by atoms with Gasteiger partial charge in [0, 0.05) is 22.2 Å². The first-order chi connectivity index (χ1) is 14.5. The number of carbonyl (C=O) groups is 2. The van der Waals surface area contributed by atoms with Crippen molar-refractivity contribution in [3.8, 4) is 0 Å². The lowest BCUT2D eigenvalue weighted by atomic mass is 10.1. The number of carbonyl (C=O) groups excluding carboxylic acids is 2. The summed E-state index contributed by atoms with van der Waals surface area (Å²) in [5.74, 6) is -0.786. The van der Waals surface area contributed by atoms with E-state index in [2.05, 4.69) is 10.6 Å². The van der Waals surface area contributed by atoms with Crippen molar-refractivity contribution in [2.45, 2.75) is 6.42 Å². The summed E-state index contributed by atoms with van der Waals surface area (Å²) in [6, 6.07) is 23.5. The molecule has 30 heavy (non-hydrogen) atoms. The fraction of sp³-hybridized carbons (Fsp3) is 0.0833. The molecule has 0 aliphatic rings. The first kappa shape index (κ1) is 21.6. The zero-order chi connectivity index (χ0) is 21.3. The van der Waals surface area contributed by atoms with E-state index in [1.165, 1.54) is 6.08 Å². The normalized spacial score (nSPS) is 11.1. The van der Waals surface area contributed by atoms with Gasteiger partial charge in [-0.25, -0.2) is 0 Å². The molecule has 0 unspecified atom stereocenters. The predicted octanol–water partition coefficient (Wildman–Crippen LogP) is 5.12. The summed E-state index contributed by atoms with van der Waals surface area (Å²) < 4.78 is 0. The molecule has 0 radical (unpaired) electrons. The fourth-order valence-electron chi connectivity index (χ4n) is 2.78. The van der Waals surface area contributed by atoms with Gasteiger partial charge in [-0.2, -0.15) is 0 Å². The Morgan fingerprint density at radius 2 is 1.53 bits per heavy atom. The van der Waals surface area contributed by atoms with Crippen molar-refractivity contribution in [3.05, 3.63) is 111 Å². The first-order valence-electron chi connectivity index (χ1n) is 9.38. The van der Waals surface area contributed by atoms with Crippen LogP contribution in [0.3, 0.4) is 0 Å². The van der Waals surface area contributed by atoms with Crippen LogP contribution in [0.1, 0.15) is 21.5 Å². The molecule has 0 atom stereocenters. The summed E-state index contributed by atoms with van der Waals surface area (Å²) in [7, 11) is 0. The molecule has 0 saturated heterocycles. The van der Waals surface area contributed by atoms with Crippen LogP contribution in [0.25, 0.3) is 6.08 Å². The molecule has 0 bridgehead atoms. The zero-order valence-corrected chi connectivity index (χ0v) is 17.6. The van der Waals surface area contributed by atoms with Gasteiger partial charge in [0.15, 0.2) is 0 Å². The lowest BCUT2D eigenvalue weighted by Gasteiger charge is -2.12. The molecule has 3 aromatic rings. The minimum Gasteiger partial charge on any atom is -0.350 e. The molecular formula is C24H20Cl2N2O2. The van der Waals surface area contributed by atoms with Crippen molar-refractivity contribution < 1.29 is 9.59 Å². The van der Waals surface area contributed by atoms with Gasteiger partial charge in [-0.1, -0.05) is 77.8 Å². The highest BCUT2D eigenvalue weighted by atomic mass is 35.5. The van der Waals surface area contributed by atoms with Gasteiger partial charge in [-0.05, 0) is 47.9 Å². The van der Waals surface area contributed by atoms with Crippen LogP contribution in [0.5, 0.6) is 0 Å². The quantitative estimate of drug-likeness (QED) is 0.502. The van der Waals surface area contributed by atoms with Gasteiger partial charge in [0.1, 0.15) is 5.70 Å². The third-order valence-corrected chi connectivity index (χ3v) is 4.90. The Labute approximate surface area is 185 Å². The van der Waals surface area contributed by atoms with Crippen LogP contribution in [0.15, 0.2) is 84.6 Å². The van der Waals surface area contributed by atoms with Crippen molar-refractivity contribution in [1.29, 1.82) is 0 Å². The Hall–Kier alpha value is -3.08. The number of hydrogen-bond donors (Lipinski definition) is 2. The summed E-state index contributed by atoms with van der Waals surface area (Å²) in [6.07, 6.45) is 2.21. The van der Waals surface area contributed by atoms with Gasteiger partial charge in [-0.15, -0.1) is 0 Å². The number of nitrogens with one attached hydrogen (secondary N) is 2. The van der Waals surface area contributed by atoms with Crippen molar-refractivity contribution >= 4 is 41.1 Å². The Morgan fingerprint density at radius 1 is 0.867 bits per heavy atom. The third kappa shape index (κ3) is 6.21. The van der Waals surface area contributed by atoms with Crippen molar-refractivity contribution in [2.24, 2.45) is 0 Å². The summed E-state index contributed by atoms with van der Waals surface area (Å²) >= 11 is 12.2. The van der Waals surface area contributed by atoms with Gasteiger partial charge in [-0.3, -0.25) is 9.59 Å². The molecule has 3 rings (SSSR count). The molecule has 2 N–H and O–H groups in total. The number of amides is 2. The van der Waals surface area contributed by atoms with Crippen LogP contribution in [0.2, 0.25) is 10.0 Å². The lowest BCUT2D eigenvalue weighted by molar-refractivity contribution is -0.117. The standard InChI is InChI=1S/C24H20Cl2N2O2/c25-20-12-11-19(21(26)16-20)15-22(28-23(29)18-9-5-2-6-10-18)24(30)27-14-13-17-7-3-1-4-8-17/h1-12,15-16H,13-14H2,(H,27,30)(H,28,29). The largest absolute Gasteiger partial charge is 0.350 e. The zero-order valence-electron chi connectivity index (χ0n) is 16.1. The second kappa shape index (κ2) is 10.6. The van der Waals surface area contributed by atoms with E-state index in [0.717, 1.165) is 5.56 Å². The monoisotopic (exact) mass is 438 g/mol.